The maximum Gasteiger partial charge on any atom is 0.229 e. The van der Waals surface area contributed by atoms with E-state index in [0.717, 1.165) is 18.5 Å². The summed E-state index contributed by atoms with van der Waals surface area (Å²) in [6.45, 7) is 5.70. The van der Waals surface area contributed by atoms with E-state index in [1.165, 1.54) is 16.7 Å². The van der Waals surface area contributed by atoms with E-state index in [4.69, 9.17) is 21.2 Å². The molecule has 0 saturated heterocycles. The monoisotopic (exact) mass is 532 g/mol. The molecule has 0 saturated carbocycles. The van der Waals surface area contributed by atoms with Gasteiger partial charge in [-0.1, -0.05) is 91.9 Å². The summed E-state index contributed by atoms with van der Waals surface area (Å²) in [5.41, 5.74) is 19.8. The molecule has 0 atom stereocenters. The third-order valence-corrected chi connectivity index (χ3v) is 7.04. The molecule has 4 N–H and O–H groups in total. The molecular formula is C31H32N8O. The second kappa shape index (κ2) is 11.9. The smallest absolute Gasteiger partial charge is 0.229 e. The summed E-state index contributed by atoms with van der Waals surface area (Å²) in [7, 11) is 0. The first-order chi connectivity index (χ1) is 19.4. The fourth-order valence-electron chi connectivity index (χ4n) is 4.87. The molecule has 1 aliphatic rings. The van der Waals surface area contributed by atoms with E-state index < -0.39 is 0 Å². The fourth-order valence-corrected chi connectivity index (χ4v) is 4.87. The maximum absolute atomic E-state index is 13.1. The highest BCUT2D eigenvalue weighted by Gasteiger charge is 2.21. The van der Waals surface area contributed by atoms with Gasteiger partial charge < -0.3 is 16.0 Å². The molecule has 2 heterocycles. The van der Waals surface area contributed by atoms with Crippen LogP contribution in [0.4, 0.5) is 11.8 Å². The van der Waals surface area contributed by atoms with Crippen molar-refractivity contribution in [2.24, 2.45) is 16.1 Å². The summed E-state index contributed by atoms with van der Waals surface area (Å²) in [5.74, 6) is 1.28. The molecular weight excluding hydrogens is 500 g/mol. The highest BCUT2D eigenvalue weighted by atomic mass is 16.1. The molecule has 5 rings (SSSR count). The Morgan fingerprint density at radius 3 is 2.50 bits per heavy atom. The van der Waals surface area contributed by atoms with Crippen LogP contribution in [0, 0.1) is 5.53 Å². The maximum atomic E-state index is 13.1. The van der Waals surface area contributed by atoms with Crippen molar-refractivity contribution >= 4 is 23.5 Å². The summed E-state index contributed by atoms with van der Waals surface area (Å²) >= 11 is 0. The normalized spacial score (nSPS) is 13.2. The Labute approximate surface area is 233 Å². The van der Waals surface area contributed by atoms with Crippen molar-refractivity contribution < 1.29 is 4.79 Å². The van der Waals surface area contributed by atoms with Crippen LogP contribution in [0.3, 0.4) is 0 Å². The topological polar surface area (TPSA) is 133 Å². The number of rotatable bonds is 8. The molecule has 0 aliphatic carbocycles. The van der Waals surface area contributed by atoms with Crippen LogP contribution in [0.5, 0.6) is 0 Å². The zero-order valence-corrected chi connectivity index (χ0v) is 22.6. The van der Waals surface area contributed by atoms with Gasteiger partial charge in [-0.25, -0.2) is 4.98 Å². The van der Waals surface area contributed by atoms with Gasteiger partial charge >= 0.3 is 0 Å². The second-order valence-electron chi connectivity index (χ2n) is 10.1. The van der Waals surface area contributed by atoms with Gasteiger partial charge in [0.05, 0.1) is 12.1 Å². The predicted octanol–water partition coefficient (Wildman–Crippen LogP) is 5.66. The Morgan fingerprint density at radius 2 is 1.75 bits per heavy atom. The molecule has 1 aliphatic heterocycles. The van der Waals surface area contributed by atoms with Gasteiger partial charge in [0.2, 0.25) is 11.9 Å². The van der Waals surface area contributed by atoms with Crippen molar-refractivity contribution in [2.45, 2.75) is 39.2 Å². The number of fused-ring (bicyclic) bond motifs is 1. The predicted molar refractivity (Wildman–Crippen MR) is 157 cm³/mol. The number of benzene rings is 3. The lowest BCUT2D eigenvalue weighted by Crippen LogP contribution is -2.32. The molecule has 0 radical (unpaired) electrons. The minimum atomic E-state index is -0.167. The Bertz CT molecular complexity index is 1560. The Hall–Kier alpha value is -4.92. The van der Waals surface area contributed by atoms with E-state index in [-0.39, 0.29) is 18.2 Å². The largest absolute Gasteiger partial charge is 0.382 e. The lowest BCUT2D eigenvalue weighted by Gasteiger charge is -2.29. The van der Waals surface area contributed by atoms with Crippen molar-refractivity contribution in [1.82, 2.24) is 9.97 Å². The number of carbonyl (C=O) groups is 1. The summed E-state index contributed by atoms with van der Waals surface area (Å²) < 4.78 is 0. The molecule has 1 aromatic heterocycles. The van der Waals surface area contributed by atoms with Crippen molar-refractivity contribution in [3.8, 4) is 11.3 Å². The van der Waals surface area contributed by atoms with Crippen LogP contribution in [-0.2, 0) is 24.2 Å². The van der Waals surface area contributed by atoms with Crippen LogP contribution in [0.25, 0.3) is 11.3 Å². The van der Waals surface area contributed by atoms with Gasteiger partial charge in [0.15, 0.2) is 5.84 Å². The van der Waals surface area contributed by atoms with Crippen LogP contribution in [0.15, 0.2) is 89.2 Å². The third kappa shape index (κ3) is 6.04. The van der Waals surface area contributed by atoms with E-state index in [1.54, 1.807) is 12.1 Å². The lowest BCUT2D eigenvalue weighted by molar-refractivity contribution is -0.115. The molecule has 9 heteroatoms. The second-order valence-corrected chi connectivity index (χ2v) is 10.1. The van der Waals surface area contributed by atoms with Gasteiger partial charge in [-0.2, -0.15) is 10.5 Å². The molecule has 3 aromatic carbocycles. The van der Waals surface area contributed by atoms with Crippen LogP contribution in [0.1, 0.15) is 47.6 Å². The molecule has 202 valence electrons. The molecule has 40 heavy (non-hydrogen) atoms. The quantitative estimate of drug-likeness (QED) is 0.117. The van der Waals surface area contributed by atoms with Crippen molar-refractivity contribution in [1.29, 1.82) is 5.53 Å². The number of amidine groups is 1. The van der Waals surface area contributed by atoms with Crippen molar-refractivity contribution in [3.63, 3.8) is 0 Å². The molecule has 1 amide bonds. The first-order valence-corrected chi connectivity index (χ1v) is 13.3. The average Bonchev–Trinajstić information content (AvgIpc) is 2.97. The number of nitrogens with one attached hydrogen (secondary N) is 2. The van der Waals surface area contributed by atoms with Gasteiger partial charge in [0.25, 0.3) is 0 Å². The van der Waals surface area contributed by atoms with Crippen LogP contribution in [0.2, 0.25) is 0 Å². The molecule has 0 bridgehead atoms. The zero-order valence-electron chi connectivity index (χ0n) is 22.6. The summed E-state index contributed by atoms with van der Waals surface area (Å²) in [6.07, 6.45) is 1.10. The average molecular weight is 533 g/mol. The molecule has 0 unspecified atom stereocenters. The number of nitrogens with zero attached hydrogens (tertiary/aromatic N) is 5. The standard InChI is InChI=1S/C31H32N8O/c1-20(2)22-13-11-21(12-14-22)17-29(40)35-28-18-27(25-9-5-6-10-26(25)30(32)37-38-33)34-31(36-28)39-16-15-23-7-3-4-8-24(23)19-39/h3-14,18,20H,15-17,19H2,1-2H3,(H3,32,33,37)(H,34,35,36,40). The van der Waals surface area contributed by atoms with E-state index in [1.807, 2.05) is 36.4 Å². The number of hydrogen-bond acceptors (Lipinski definition) is 6. The summed E-state index contributed by atoms with van der Waals surface area (Å²) in [6, 6.07) is 25.6. The summed E-state index contributed by atoms with van der Waals surface area (Å²) in [5, 5.41) is 9.78. The number of anilines is 2. The van der Waals surface area contributed by atoms with E-state index in [2.05, 4.69) is 64.7 Å². The first kappa shape index (κ1) is 26.7. The highest BCUT2D eigenvalue weighted by molar-refractivity contribution is 6.03. The fraction of sp³-hybridized carbons (Fsp3) is 0.226. The van der Waals surface area contributed by atoms with E-state index in [9.17, 15) is 4.79 Å². The molecule has 4 aromatic rings. The third-order valence-electron chi connectivity index (χ3n) is 7.04. The molecule has 0 spiro atoms. The van der Waals surface area contributed by atoms with Crippen molar-refractivity contribution in [2.75, 3.05) is 16.8 Å². The first-order valence-electron chi connectivity index (χ1n) is 13.3. The number of hydrogen-bond donors (Lipinski definition) is 3. The van der Waals surface area contributed by atoms with Gasteiger partial charge in [-0.3, -0.25) is 4.79 Å². The highest BCUT2D eigenvalue weighted by Crippen LogP contribution is 2.29. The van der Waals surface area contributed by atoms with Crippen LogP contribution >= 0.6 is 0 Å². The zero-order chi connectivity index (χ0) is 28.1. The number of carbonyl (C=O) groups excluding carboxylic acids is 1. The molecule has 9 nitrogen and oxygen atoms in total. The minimum absolute atomic E-state index is 0.105. The van der Waals surface area contributed by atoms with Crippen LogP contribution < -0.4 is 16.0 Å². The minimum Gasteiger partial charge on any atom is -0.382 e. The Kier molecular flexibility index (Phi) is 7.91. The van der Waals surface area contributed by atoms with Gasteiger partial charge in [-0.05, 0) is 34.6 Å². The van der Waals surface area contributed by atoms with Gasteiger partial charge in [-0.15, -0.1) is 5.10 Å². The number of aromatic nitrogens is 2. The van der Waals surface area contributed by atoms with Crippen molar-refractivity contribution in [3.05, 3.63) is 107 Å². The summed E-state index contributed by atoms with van der Waals surface area (Å²) in [4.78, 5) is 24.9. The van der Waals surface area contributed by atoms with Crippen LogP contribution in [-0.4, -0.2) is 28.3 Å². The Morgan fingerprint density at radius 1 is 1.02 bits per heavy atom. The SMILES string of the molecule is CC(C)c1ccc(CC(=O)Nc2cc(-c3ccccc3/C(N)=N/N=N)nc(N3CCc4ccccc4C3)n2)cc1. The van der Waals surface area contributed by atoms with Gasteiger partial charge in [0.1, 0.15) is 5.82 Å². The Balaban J connectivity index is 1.49. The molecule has 0 fully saturated rings. The number of nitrogens with two attached hydrogens (primary N) is 1. The van der Waals surface area contributed by atoms with Gasteiger partial charge in [0, 0.05) is 30.3 Å². The van der Waals surface area contributed by atoms with E-state index >= 15 is 0 Å². The van der Waals surface area contributed by atoms with E-state index in [0.29, 0.717) is 41.0 Å². The number of amides is 1. The lowest BCUT2D eigenvalue weighted by atomic mass is 10.0.